The highest BCUT2D eigenvalue weighted by Gasteiger charge is 2.30. The number of ether oxygens (including phenoxy) is 2. The van der Waals surface area contributed by atoms with Gasteiger partial charge in [-0.15, -0.1) is 0 Å². The van der Waals surface area contributed by atoms with Crippen LogP contribution in [-0.2, 0) is 4.74 Å². The maximum absolute atomic E-state index is 13.2. The number of likely N-dealkylation sites (tertiary alicyclic amines) is 1. The van der Waals surface area contributed by atoms with E-state index < -0.39 is 17.8 Å². The number of benzene rings is 1. The van der Waals surface area contributed by atoms with Crippen LogP contribution in [0.5, 0.6) is 5.75 Å². The average molecular weight is 437 g/mol. The Balaban J connectivity index is 1.68. The molecule has 8 nitrogen and oxygen atoms in total. The van der Waals surface area contributed by atoms with E-state index >= 15 is 0 Å². The van der Waals surface area contributed by atoms with Gasteiger partial charge in [-0.25, -0.2) is 19.1 Å². The predicted octanol–water partition coefficient (Wildman–Crippen LogP) is 5.20. The number of carbonyl (C=O) groups is 2. The number of aromatic nitrogens is 2. The normalized spacial score (nSPS) is 16.8. The lowest BCUT2D eigenvalue weighted by Gasteiger charge is -2.24. The molecule has 3 heterocycles. The van der Waals surface area contributed by atoms with Crippen LogP contribution >= 0.6 is 0 Å². The minimum Gasteiger partial charge on any atom is -0.443 e. The summed E-state index contributed by atoms with van der Waals surface area (Å²) in [4.78, 5) is 32.1. The number of nitrogens with one attached hydrogen (secondary N) is 1. The van der Waals surface area contributed by atoms with Crippen molar-refractivity contribution in [1.29, 1.82) is 0 Å². The summed E-state index contributed by atoms with van der Waals surface area (Å²) in [5.41, 5.74) is 0.847. The van der Waals surface area contributed by atoms with Gasteiger partial charge >= 0.3 is 12.2 Å². The summed E-state index contributed by atoms with van der Waals surface area (Å²) in [6.07, 6.45) is 2.55. The fourth-order valence-corrected chi connectivity index (χ4v) is 3.96. The molecular weight excluding hydrogens is 408 g/mol. The highest BCUT2D eigenvalue weighted by molar-refractivity contribution is 5.94. The van der Waals surface area contributed by atoms with Crippen molar-refractivity contribution in [2.45, 2.75) is 45.3 Å². The number of anilines is 1. The number of amides is 1. The molecule has 1 saturated heterocycles. The number of rotatable bonds is 3. The zero-order valence-electron chi connectivity index (χ0n) is 18.8. The van der Waals surface area contributed by atoms with Crippen molar-refractivity contribution >= 4 is 28.9 Å². The van der Waals surface area contributed by atoms with Crippen LogP contribution in [0.1, 0.15) is 45.3 Å². The molecule has 0 radical (unpaired) electrons. The molecule has 0 saturated carbocycles. The lowest BCUT2D eigenvalue weighted by Crippen LogP contribution is -2.30. The molecule has 1 N–H and O–H groups in total. The van der Waals surface area contributed by atoms with Crippen molar-refractivity contribution in [3.8, 4) is 5.75 Å². The molecule has 0 unspecified atom stereocenters. The fourth-order valence-electron chi connectivity index (χ4n) is 3.96. The standard InChI is InChI=1S/C24H28N4O4/c1-24(2,3)32-23(30)28-19-14-21(26-22(29)31-17-9-6-5-7-10-17)25-15-16(19)13-20(28)18-11-8-12-27(18)4/h5-7,9-10,13-15,18H,8,11-12H2,1-4H3,(H,25,26,29)/t18-/m1/s1. The number of nitrogens with zero attached hydrogens (tertiary/aromatic N) is 3. The average Bonchev–Trinajstić information content (AvgIpc) is 3.30. The minimum atomic E-state index is -0.658. The van der Waals surface area contributed by atoms with Gasteiger partial charge in [0.25, 0.3) is 0 Å². The Kier molecular flexibility index (Phi) is 5.88. The Hall–Kier alpha value is -3.39. The van der Waals surface area contributed by atoms with E-state index in [0.29, 0.717) is 11.3 Å². The summed E-state index contributed by atoms with van der Waals surface area (Å²) in [6.45, 7) is 6.49. The lowest BCUT2D eigenvalue weighted by molar-refractivity contribution is 0.0534. The fraction of sp³-hybridized carbons (Fsp3) is 0.375. The Morgan fingerprint density at radius 3 is 2.56 bits per heavy atom. The second-order valence-electron chi connectivity index (χ2n) is 8.98. The summed E-state index contributed by atoms with van der Waals surface area (Å²) in [7, 11) is 2.06. The van der Waals surface area contributed by atoms with E-state index in [1.165, 1.54) is 0 Å². The maximum Gasteiger partial charge on any atom is 0.419 e. The van der Waals surface area contributed by atoms with E-state index in [1.807, 2.05) is 32.9 Å². The van der Waals surface area contributed by atoms with Gasteiger partial charge in [-0.3, -0.25) is 10.2 Å². The number of pyridine rings is 1. The Morgan fingerprint density at radius 2 is 1.91 bits per heavy atom. The monoisotopic (exact) mass is 436 g/mol. The Morgan fingerprint density at radius 1 is 1.16 bits per heavy atom. The van der Waals surface area contributed by atoms with Crippen LogP contribution in [0.4, 0.5) is 15.4 Å². The molecule has 1 aliphatic rings. The number of fused-ring (bicyclic) bond motifs is 1. The molecule has 4 rings (SSSR count). The van der Waals surface area contributed by atoms with Crippen molar-refractivity contribution in [3.63, 3.8) is 0 Å². The first kappa shape index (κ1) is 21.8. The second kappa shape index (κ2) is 8.63. The van der Waals surface area contributed by atoms with Crippen LogP contribution in [0.15, 0.2) is 48.7 Å². The molecule has 1 amide bonds. The summed E-state index contributed by atoms with van der Waals surface area (Å²) in [5.74, 6) is 0.711. The summed E-state index contributed by atoms with van der Waals surface area (Å²) in [5, 5.41) is 3.44. The highest BCUT2D eigenvalue weighted by atomic mass is 16.6. The van der Waals surface area contributed by atoms with Crippen molar-refractivity contribution in [2.24, 2.45) is 0 Å². The molecule has 32 heavy (non-hydrogen) atoms. The molecule has 0 bridgehead atoms. The van der Waals surface area contributed by atoms with Gasteiger partial charge in [-0.2, -0.15) is 0 Å². The van der Waals surface area contributed by atoms with Crippen molar-refractivity contribution < 1.29 is 19.1 Å². The predicted molar refractivity (Wildman–Crippen MR) is 122 cm³/mol. The van der Waals surface area contributed by atoms with E-state index in [1.54, 1.807) is 41.1 Å². The van der Waals surface area contributed by atoms with E-state index in [-0.39, 0.29) is 11.9 Å². The molecule has 1 aliphatic heterocycles. The van der Waals surface area contributed by atoms with Gasteiger partial charge in [-0.05, 0) is 65.4 Å². The summed E-state index contributed by atoms with van der Waals surface area (Å²) >= 11 is 0. The van der Waals surface area contributed by atoms with Crippen molar-refractivity contribution in [1.82, 2.24) is 14.5 Å². The van der Waals surface area contributed by atoms with Gasteiger partial charge in [-0.1, -0.05) is 18.2 Å². The molecule has 168 valence electrons. The first-order valence-electron chi connectivity index (χ1n) is 10.7. The largest absolute Gasteiger partial charge is 0.443 e. The van der Waals surface area contributed by atoms with Gasteiger partial charge in [0.05, 0.1) is 11.6 Å². The highest BCUT2D eigenvalue weighted by Crippen LogP contribution is 2.35. The minimum absolute atomic E-state index is 0.106. The Bertz CT molecular complexity index is 1130. The third kappa shape index (κ3) is 4.75. The zero-order valence-corrected chi connectivity index (χ0v) is 18.8. The van der Waals surface area contributed by atoms with Gasteiger partial charge < -0.3 is 9.47 Å². The molecule has 8 heteroatoms. The van der Waals surface area contributed by atoms with Gasteiger partial charge in [0.2, 0.25) is 0 Å². The molecule has 1 atom stereocenters. The number of para-hydroxylation sites is 1. The Labute approximate surface area is 187 Å². The SMILES string of the molecule is CN1CCC[C@@H]1c1cc2cnc(NC(=O)Oc3ccccc3)cc2n1C(=O)OC(C)(C)C. The zero-order chi connectivity index (χ0) is 22.9. The molecule has 2 aromatic heterocycles. The van der Waals surface area contributed by atoms with Crippen molar-refractivity contribution in [3.05, 3.63) is 54.4 Å². The number of hydrogen-bond acceptors (Lipinski definition) is 6. The van der Waals surface area contributed by atoms with Gasteiger partial charge in [0.1, 0.15) is 17.2 Å². The summed E-state index contributed by atoms with van der Waals surface area (Å²) in [6, 6.07) is 12.5. The topological polar surface area (TPSA) is 85.7 Å². The van der Waals surface area contributed by atoms with E-state index in [9.17, 15) is 9.59 Å². The summed E-state index contributed by atoms with van der Waals surface area (Å²) < 4.78 is 12.6. The van der Waals surface area contributed by atoms with Gasteiger partial charge in [0.15, 0.2) is 0 Å². The number of hydrogen-bond donors (Lipinski definition) is 1. The van der Waals surface area contributed by atoms with Crippen LogP contribution in [0.2, 0.25) is 0 Å². The van der Waals surface area contributed by atoms with Crippen LogP contribution in [0.25, 0.3) is 10.9 Å². The molecular formula is C24H28N4O4. The van der Waals surface area contributed by atoms with Crippen LogP contribution in [-0.4, -0.2) is 45.8 Å². The van der Waals surface area contributed by atoms with E-state index in [0.717, 1.165) is 30.5 Å². The quantitative estimate of drug-likeness (QED) is 0.608. The van der Waals surface area contributed by atoms with Crippen LogP contribution < -0.4 is 10.1 Å². The third-order valence-corrected chi connectivity index (χ3v) is 5.34. The lowest BCUT2D eigenvalue weighted by atomic mass is 10.1. The molecule has 1 aromatic carbocycles. The van der Waals surface area contributed by atoms with E-state index in [4.69, 9.17) is 9.47 Å². The molecule has 1 fully saturated rings. The van der Waals surface area contributed by atoms with Crippen LogP contribution in [0.3, 0.4) is 0 Å². The maximum atomic E-state index is 13.2. The molecule has 0 spiro atoms. The first-order chi connectivity index (χ1) is 15.2. The van der Waals surface area contributed by atoms with E-state index in [2.05, 4.69) is 22.2 Å². The molecule has 0 aliphatic carbocycles. The second-order valence-corrected chi connectivity index (χ2v) is 8.98. The smallest absolute Gasteiger partial charge is 0.419 e. The van der Waals surface area contributed by atoms with Crippen molar-refractivity contribution in [2.75, 3.05) is 18.9 Å². The third-order valence-electron chi connectivity index (χ3n) is 5.34. The first-order valence-corrected chi connectivity index (χ1v) is 10.7. The molecule has 3 aromatic rings. The van der Waals surface area contributed by atoms with Crippen LogP contribution in [0, 0.1) is 0 Å². The van der Waals surface area contributed by atoms with Gasteiger partial charge in [0, 0.05) is 23.3 Å². The number of carbonyl (C=O) groups excluding carboxylic acids is 2.